The summed E-state index contributed by atoms with van der Waals surface area (Å²) in [6.45, 7) is 0.871. The van der Waals surface area contributed by atoms with Gasteiger partial charge in [0.05, 0.1) is 0 Å². The SMILES string of the molecule is CN(C)C(=O)CN=C(NCCc1ccc(Cl)nc1)NC1CCCCC1.I. The minimum Gasteiger partial charge on any atom is -0.356 e. The van der Waals surface area contributed by atoms with Gasteiger partial charge in [0.1, 0.15) is 11.7 Å². The number of amides is 1. The second-order valence-electron chi connectivity index (χ2n) is 6.60. The number of guanidine groups is 1. The largest absolute Gasteiger partial charge is 0.356 e. The molecule has 6 nitrogen and oxygen atoms in total. The first-order chi connectivity index (χ1) is 12.0. The van der Waals surface area contributed by atoms with Crippen molar-refractivity contribution >= 4 is 47.4 Å². The van der Waals surface area contributed by atoms with E-state index in [0.717, 1.165) is 31.4 Å². The second kappa shape index (κ2) is 12.3. The molecule has 0 saturated heterocycles. The topological polar surface area (TPSA) is 69.6 Å². The molecule has 26 heavy (non-hydrogen) atoms. The summed E-state index contributed by atoms with van der Waals surface area (Å²) in [7, 11) is 3.49. The number of carbonyl (C=O) groups is 1. The highest BCUT2D eigenvalue weighted by atomic mass is 127. The van der Waals surface area contributed by atoms with Gasteiger partial charge in [-0.25, -0.2) is 9.98 Å². The predicted molar refractivity (Wildman–Crippen MR) is 117 cm³/mol. The molecule has 1 aliphatic carbocycles. The van der Waals surface area contributed by atoms with Crippen molar-refractivity contribution < 1.29 is 4.79 Å². The number of halogens is 2. The van der Waals surface area contributed by atoms with Crippen molar-refractivity contribution in [1.82, 2.24) is 20.5 Å². The quantitative estimate of drug-likeness (QED) is 0.277. The number of hydrogen-bond acceptors (Lipinski definition) is 3. The standard InChI is InChI=1S/C18H28ClN5O.HI/c1-24(2)17(25)13-22-18(23-15-6-4-3-5-7-15)20-11-10-14-8-9-16(19)21-12-14;/h8-9,12,15H,3-7,10-11,13H2,1-2H3,(H2,20,22,23);1H. The third-order valence-electron chi connectivity index (χ3n) is 4.31. The van der Waals surface area contributed by atoms with E-state index in [-0.39, 0.29) is 36.4 Å². The maximum atomic E-state index is 11.8. The van der Waals surface area contributed by atoms with Crippen LogP contribution in [0.2, 0.25) is 5.15 Å². The van der Waals surface area contributed by atoms with Gasteiger partial charge >= 0.3 is 0 Å². The number of likely N-dealkylation sites (N-methyl/N-ethyl adjacent to an activating group) is 1. The lowest BCUT2D eigenvalue weighted by Crippen LogP contribution is -2.45. The van der Waals surface area contributed by atoms with E-state index in [1.54, 1.807) is 31.3 Å². The lowest BCUT2D eigenvalue weighted by molar-refractivity contribution is -0.127. The van der Waals surface area contributed by atoms with Crippen LogP contribution >= 0.6 is 35.6 Å². The van der Waals surface area contributed by atoms with Gasteiger partial charge in [0, 0.05) is 32.9 Å². The van der Waals surface area contributed by atoms with Gasteiger partial charge in [-0.1, -0.05) is 36.9 Å². The van der Waals surface area contributed by atoms with Gasteiger partial charge < -0.3 is 15.5 Å². The van der Waals surface area contributed by atoms with Crippen molar-refractivity contribution in [2.75, 3.05) is 27.2 Å². The highest BCUT2D eigenvalue weighted by Gasteiger charge is 2.15. The predicted octanol–water partition coefficient (Wildman–Crippen LogP) is 2.85. The summed E-state index contributed by atoms with van der Waals surface area (Å²) >= 11 is 5.81. The van der Waals surface area contributed by atoms with E-state index in [4.69, 9.17) is 11.6 Å². The molecule has 1 saturated carbocycles. The van der Waals surface area contributed by atoms with Crippen LogP contribution in [0.15, 0.2) is 23.3 Å². The number of aromatic nitrogens is 1. The summed E-state index contributed by atoms with van der Waals surface area (Å²) in [5, 5.41) is 7.31. The van der Waals surface area contributed by atoms with Gasteiger partial charge in [-0.05, 0) is 30.9 Å². The Labute approximate surface area is 178 Å². The average molecular weight is 494 g/mol. The third-order valence-corrected chi connectivity index (χ3v) is 4.54. The first-order valence-corrected chi connectivity index (χ1v) is 9.28. The molecule has 146 valence electrons. The Bertz CT molecular complexity index is 573. The van der Waals surface area contributed by atoms with E-state index in [9.17, 15) is 4.79 Å². The summed E-state index contributed by atoms with van der Waals surface area (Å²) in [4.78, 5) is 21.9. The molecule has 2 rings (SSSR count). The summed E-state index contributed by atoms with van der Waals surface area (Å²) in [6, 6.07) is 4.20. The maximum absolute atomic E-state index is 11.8. The van der Waals surface area contributed by atoms with Crippen molar-refractivity contribution in [1.29, 1.82) is 0 Å². The van der Waals surface area contributed by atoms with Crippen molar-refractivity contribution in [3.63, 3.8) is 0 Å². The zero-order valence-electron chi connectivity index (χ0n) is 15.5. The van der Waals surface area contributed by atoms with Crippen molar-refractivity contribution in [3.8, 4) is 0 Å². The molecule has 1 aromatic rings. The summed E-state index contributed by atoms with van der Waals surface area (Å²) in [5.74, 6) is 0.704. The Balaban J connectivity index is 0.00000338. The molecule has 0 atom stereocenters. The molecular formula is C18H29ClIN5O. The van der Waals surface area contributed by atoms with Crippen molar-refractivity contribution in [2.45, 2.75) is 44.6 Å². The molecule has 0 aromatic carbocycles. The van der Waals surface area contributed by atoms with Crippen LogP contribution in [0.25, 0.3) is 0 Å². The van der Waals surface area contributed by atoms with Crippen LogP contribution in [-0.2, 0) is 11.2 Å². The molecule has 1 heterocycles. The molecule has 1 amide bonds. The van der Waals surface area contributed by atoms with Gasteiger partial charge in [-0.15, -0.1) is 24.0 Å². The minimum absolute atomic E-state index is 0. The van der Waals surface area contributed by atoms with Crippen LogP contribution in [0.3, 0.4) is 0 Å². The fourth-order valence-electron chi connectivity index (χ4n) is 2.76. The van der Waals surface area contributed by atoms with Gasteiger partial charge in [0.15, 0.2) is 5.96 Å². The number of nitrogens with zero attached hydrogens (tertiary/aromatic N) is 3. The van der Waals surface area contributed by atoms with Gasteiger partial charge in [-0.2, -0.15) is 0 Å². The van der Waals surface area contributed by atoms with E-state index in [2.05, 4.69) is 20.6 Å². The van der Waals surface area contributed by atoms with E-state index in [0.29, 0.717) is 17.2 Å². The molecule has 0 aliphatic heterocycles. The van der Waals surface area contributed by atoms with E-state index in [1.165, 1.54) is 19.3 Å². The molecule has 1 aromatic heterocycles. The molecule has 0 spiro atoms. The van der Waals surface area contributed by atoms with Crippen LogP contribution in [0.1, 0.15) is 37.7 Å². The molecule has 0 unspecified atom stereocenters. The number of carbonyl (C=O) groups excluding carboxylic acids is 1. The molecular weight excluding hydrogens is 465 g/mol. The van der Waals surface area contributed by atoms with E-state index in [1.807, 2.05) is 6.07 Å². The molecule has 1 fully saturated rings. The van der Waals surface area contributed by atoms with Crippen LogP contribution in [0, 0.1) is 0 Å². The minimum atomic E-state index is -0.00774. The number of rotatable bonds is 6. The average Bonchev–Trinajstić information content (AvgIpc) is 2.61. The highest BCUT2D eigenvalue weighted by Crippen LogP contribution is 2.17. The Morgan fingerprint density at radius 3 is 2.65 bits per heavy atom. The zero-order chi connectivity index (χ0) is 18.1. The maximum Gasteiger partial charge on any atom is 0.243 e. The Kier molecular flexibility index (Phi) is 10.9. The van der Waals surface area contributed by atoms with Crippen LogP contribution in [0.4, 0.5) is 0 Å². The Hall–Kier alpha value is -1.09. The number of aliphatic imine (C=N–C) groups is 1. The summed E-state index contributed by atoms with van der Waals surface area (Å²) < 4.78 is 0. The molecule has 1 aliphatic rings. The first kappa shape index (κ1) is 23.0. The molecule has 0 bridgehead atoms. The van der Waals surface area contributed by atoms with Crippen molar-refractivity contribution in [3.05, 3.63) is 29.0 Å². The summed E-state index contributed by atoms with van der Waals surface area (Å²) in [5.41, 5.74) is 1.11. The lowest BCUT2D eigenvalue weighted by Gasteiger charge is -2.25. The molecule has 8 heteroatoms. The Morgan fingerprint density at radius 2 is 2.04 bits per heavy atom. The van der Waals surface area contributed by atoms with E-state index < -0.39 is 0 Å². The molecule has 2 N–H and O–H groups in total. The first-order valence-electron chi connectivity index (χ1n) is 8.90. The van der Waals surface area contributed by atoms with Gasteiger partial charge in [-0.3, -0.25) is 4.79 Å². The van der Waals surface area contributed by atoms with Crippen LogP contribution in [-0.4, -0.2) is 55.0 Å². The van der Waals surface area contributed by atoms with E-state index >= 15 is 0 Å². The monoisotopic (exact) mass is 493 g/mol. The fourth-order valence-corrected chi connectivity index (χ4v) is 2.87. The second-order valence-corrected chi connectivity index (χ2v) is 6.99. The highest BCUT2D eigenvalue weighted by molar-refractivity contribution is 14.0. The number of pyridine rings is 1. The molecule has 0 radical (unpaired) electrons. The third kappa shape index (κ3) is 8.53. The van der Waals surface area contributed by atoms with Crippen LogP contribution in [0.5, 0.6) is 0 Å². The van der Waals surface area contributed by atoms with Crippen LogP contribution < -0.4 is 10.6 Å². The number of hydrogen-bond donors (Lipinski definition) is 2. The zero-order valence-corrected chi connectivity index (χ0v) is 18.6. The van der Waals surface area contributed by atoms with Gasteiger partial charge in [0.2, 0.25) is 5.91 Å². The smallest absolute Gasteiger partial charge is 0.243 e. The number of nitrogens with one attached hydrogen (secondary N) is 2. The fraction of sp³-hybridized carbons (Fsp3) is 0.611. The summed E-state index contributed by atoms with van der Waals surface area (Å²) in [6.07, 6.45) is 8.71. The Morgan fingerprint density at radius 1 is 1.31 bits per heavy atom. The normalized spacial score (nSPS) is 15.1. The lowest BCUT2D eigenvalue weighted by atomic mass is 9.96. The van der Waals surface area contributed by atoms with Gasteiger partial charge in [0.25, 0.3) is 0 Å². The van der Waals surface area contributed by atoms with Crippen molar-refractivity contribution in [2.24, 2.45) is 4.99 Å².